The monoisotopic (exact) mass is 294 g/mol. The van der Waals surface area contributed by atoms with Gasteiger partial charge in [0.15, 0.2) is 0 Å². The Bertz CT molecular complexity index is 628. The van der Waals surface area contributed by atoms with Crippen LogP contribution in [0.25, 0.3) is 0 Å². The minimum atomic E-state index is -0.662. The molecule has 1 aromatic carbocycles. The molecule has 0 saturated heterocycles. The van der Waals surface area contributed by atoms with E-state index >= 15 is 0 Å². The molecule has 0 aliphatic heterocycles. The molecule has 0 bridgehead atoms. The van der Waals surface area contributed by atoms with Gasteiger partial charge in [0.2, 0.25) is 0 Å². The molecule has 0 aliphatic carbocycles. The van der Waals surface area contributed by atoms with E-state index in [9.17, 15) is 14.9 Å². The van der Waals surface area contributed by atoms with Crippen molar-refractivity contribution in [2.45, 2.75) is 6.54 Å². The highest BCUT2D eigenvalue weighted by Crippen LogP contribution is 2.27. The molecule has 1 amide bonds. The molecule has 2 rings (SSSR count). The fourth-order valence-corrected chi connectivity index (χ4v) is 1.94. The molecule has 0 aliphatic rings. The zero-order valence-electron chi connectivity index (χ0n) is 10.3. The second-order valence-corrected chi connectivity index (χ2v) is 4.33. The quantitative estimate of drug-likeness (QED) is 0.673. The summed E-state index contributed by atoms with van der Waals surface area (Å²) in [4.78, 5) is 22.2. The van der Waals surface area contributed by atoms with Gasteiger partial charge in [-0.1, -0.05) is 17.7 Å². The molecule has 1 heterocycles. The predicted octanol–water partition coefficient (Wildman–Crippen LogP) is 1.87. The number of hydrogen-bond acceptors (Lipinski definition) is 4. The fraction of sp³-hybridized carbons (Fsp3) is 0.167. The van der Waals surface area contributed by atoms with E-state index in [4.69, 9.17) is 11.6 Å². The van der Waals surface area contributed by atoms with Crippen LogP contribution in [0.3, 0.4) is 0 Å². The number of carbonyl (C=O) groups is 1. The summed E-state index contributed by atoms with van der Waals surface area (Å²) in [7, 11) is 0. The SMILES string of the molecule is O=C(NCCn1cccn1)c1cccc(Cl)c1[N+](=O)[O-]. The van der Waals surface area contributed by atoms with Crippen LogP contribution in [0.2, 0.25) is 5.02 Å². The van der Waals surface area contributed by atoms with Gasteiger partial charge in [0.05, 0.1) is 11.5 Å². The number of benzene rings is 1. The van der Waals surface area contributed by atoms with E-state index in [2.05, 4.69) is 10.4 Å². The second-order valence-electron chi connectivity index (χ2n) is 3.92. The van der Waals surface area contributed by atoms with Crippen molar-refractivity contribution < 1.29 is 9.72 Å². The van der Waals surface area contributed by atoms with Gasteiger partial charge in [-0.3, -0.25) is 19.6 Å². The Kier molecular flexibility index (Phi) is 4.31. The lowest BCUT2D eigenvalue weighted by atomic mass is 10.1. The topological polar surface area (TPSA) is 90.1 Å². The molecular formula is C12H11ClN4O3. The van der Waals surface area contributed by atoms with E-state index in [0.29, 0.717) is 13.1 Å². The normalized spacial score (nSPS) is 10.2. The summed E-state index contributed by atoms with van der Waals surface area (Å²) in [5.41, 5.74) is -0.436. The van der Waals surface area contributed by atoms with Crippen LogP contribution in [0.1, 0.15) is 10.4 Å². The third kappa shape index (κ3) is 3.12. The predicted molar refractivity (Wildman–Crippen MR) is 72.7 cm³/mol. The van der Waals surface area contributed by atoms with Gasteiger partial charge in [-0.15, -0.1) is 0 Å². The van der Waals surface area contributed by atoms with Crippen LogP contribution in [-0.2, 0) is 6.54 Å². The van der Waals surface area contributed by atoms with E-state index < -0.39 is 10.8 Å². The third-order valence-corrected chi connectivity index (χ3v) is 2.90. The Hall–Kier alpha value is -2.41. The number of carbonyl (C=O) groups excluding carboxylic acids is 1. The van der Waals surface area contributed by atoms with E-state index in [1.807, 2.05) is 0 Å². The Morgan fingerprint density at radius 2 is 2.25 bits per heavy atom. The van der Waals surface area contributed by atoms with Crippen molar-refractivity contribution >= 4 is 23.2 Å². The van der Waals surface area contributed by atoms with Crippen molar-refractivity contribution in [2.75, 3.05) is 6.54 Å². The van der Waals surface area contributed by atoms with Crippen molar-refractivity contribution in [3.63, 3.8) is 0 Å². The first kappa shape index (κ1) is 14.0. The van der Waals surface area contributed by atoms with Crippen molar-refractivity contribution in [3.05, 3.63) is 57.4 Å². The molecule has 8 heteroatoms. The van der Waals surface area contributed by atoms with E-state index in [1.165, 1.54) is 18.2 Å². The molecular weight excluding hydrogens is 284 g/mol. The molecule has 2 aromatic rings. The van der Waals surface area contributed by atoms with Gasteiger partial charge in [-0.2, -0.15) is 5.10 Å². The highest BCUT2D eigenvalue weighted by atomic mass is 35.5. The lowest BCUT2D eigenvalue weighted by molar-refractivity contribution is -0.385. The zero-order chi connectivity index (χ0) is 14.5. The summed E-state index contributed by atoms with van der Waals surface area (Å²) in [6, 6.07) is 6.01. The summed E-state index contributed by atoms with van der Waals surface area (Å²) in [6.07, 6.45) is 3.39. The zero-order valence-corrected chi connectivity index (χ0v) is 11.1. The summed E-state index contributed by atoms with van der Waals surface area (Å²) in [5, 5.41) is 17.5. The molecule has 7 nitrogen and oxygen atoms in total. The van der Waals surface area contributed by atoms with Crippen molar-refractivity contribution in [3.8, 4) is 0 Å². The summed E-state index contributed by atoms with van der Waals surface area (Å²) >= 11 is 5.75. The summed E-state index contributed by atoms with van der Waals surface area (Å²) in [5.74, 6) is -0.536. The Morgan fingerprint density at radius 1 is 1.45 bits per heavy atom. The van der Waals surface area contributed by atoms with Gasteiger partial charge in [0.1, 0.15) is 10.6 Å². The number of hydrogen-bond donors (Lipinski definition) is 1. The van der Waals surface area contributed by atoms with Crippen LogP contribution in [0.5, 0.6) is 0 Å². The van der Waals surface area contributed by atoms with Crippen LogP contribution >= 0.6 is 11.6 Å². The molecule has 0 fully saturated rings. The van der Waals surface area contributed by atoms with Crippen LogP contribution in [0.15, 0.2) is 36.7 Å². The maximum Gasteiger partial charge on any atom is 0.300 e. The van der Waals surface area contributed by atoms with Crippen molar-refractivity contribution in [1.29, 1.82) is 0 Å². The maximum absolute atomic E-state index is 11.9. The van der Waals surface area contributed by atoms with Crippen molar-refractivity contribution in [1.82, 2.24) is 15.1 Å². The number of para-hydroxylation sites is 1. The molecule has 0 spiro atoms. The first-order valence-corrected chi connectivity index (χ1v) is 6.16. The third-order valence-electron chi connectivity index (χ3n) is 2.60. The molecule has 104 valence electrons. The van der Waals surface area contributed by atoms with E-state index in [0.717, 1.165) is 0 Å². The number of nitrogens with zero attached hydrogens (tertiary/aromatic N) is 3. The van der Waals surface area contributed by atoms with Gasteiger partial charge < -0.3 is 5.32 Å². The molecule has 0 saturated carbocycles. The number of nitro benzene ring substituents is 1. The summed E-state index contributed by atoms with van der Waals surface area (Å²) < 4.78 is 1.65. The number of aromatic nitrogens is 2. The van der Waals surface area contributed by atoms with Gasteiger partial charge in [-0.05, 0) is 18.2 Å². The maximum atomic E-state index is 11.9. The highest BCUT2D eigenvalue weighted by molar-refractivity contribution is 6.33. The second kappa shape index (κ2) is 6.16. The minimum Gasteiger partial charge on any atom is -0.350 e. The number of amides is 1. The van der Waals surface area contributed by atoms with Gasteiger partial charge in [0.25, 0.3) is 5.91 Å². The number of nitro groups is 1. The number of halogens is 1. The van der Waals surface area contributed by atoms with E-state index in [1.54, 1.807) is 23.1 Å². The average molecular weight is 295 g/mol. The Morgan fingerprint density at radius 3 is 2.90 bits per heavy atom. The first-order chi connectivity index (χ1) is 9.59. The van der Waals surface area contributed by atoms with E-state index in [-0.39, 0.29) is 16.3 Å². The highest BCUT2D eigenvalue weighted by Gasteiger charge is 2.23. The molecule has 1 aromatic heterocycles. The Balaban J connectivity index is 2.06. The smallest absolute Gasteiger partial charge is 0.300 e. The van der Waals surface area contributed by atoms with Crippen LogP contribution < -0.4 is 5.32 Å². The lowest BCUT2D eigenvalue weighted by Crippen LogP contribution is -2.28. The molecule has 1 N–H and O–H groups in total. The molecule has 0 radical (unpaired) electrons. The van der Waals surface area contributed by atoms with Crippen LogP contribution in [-0.4, -0.2) is 27.2 Å². The average Bonchev–Trinajstić information content (AvgIpc) is 2.91. The fourth-order valence-electron chi connectivity index (χ4n) is 1.70. The standard InChI is InChI=1S/C12H11ClN4O3/c13-10-4-1-3-9(11(10)17(19)20)12(18)14-6-8-16-7-2-5-15-16/h1-5,7H,6,8H2,(H,14,18). The van der Waals surface area contributed by atoms with Gasteiger partial charge >= 0.3 is 5.69 Å². The Labute approximate surface area is 119 Å². The minimum absolute atomic E-state index is 0.0528. The summed E-state index contributed by atoms with van der Waals surface area (Å²) in [6.45, 7) is 0.789. The lowest BCUT2D eigenvalue weighted by Gasteiger charge is -2.06. The van der Waals surface area contributed by atoms with Crippen LogP contribution in [0.4, 0.5) is 5.69 Å². The first-order valence-electron chi connectivity index (χ1n) is 5.78. The van der Waals surface area contributed by atoms with Crippen LogP contribution in [0, 0.1) is 10.1 Å². The number of rotatable bonds is 5. The molecule has 20 heavy (non-hydrogen) atoms. The number of nitrogens with one attached hydrogen (secondary N) is 1. The molecule has 0 atom stereocenters. The van der Waals surface area contributed by atoms with Crippen molar-refractivity contribution in [2.24, 2.45) is 0 Å². The largest absolute Gasteiger partial charge is 0.350 e. The van der Waals surface area contributed by atoms with Gasteiger partial charge in [0, 0.05) is 18.9 Å². The molecule has 0 unspecified atom stereocenters. The van der Waals surface area contributed by atoms with Gasteiger partial charge in [-0.25, -0.2) is 0 Å².